The molecule has 11 heavy (non-hydrogen) atoms. The molecule has 0 aromatic carbocycles. The van der Waals surface area contributed by atoms with E-state index in [2.05, 4.69) is 5.32 Å². The van der Waals surface area contributed by atoms with Crippen molar-refractivity contribution in [2.75, 3.05) is 12.3 Å². The number of rotatable bonds is 2. The SMILES string of the molecule is FC(F)(F)SC[C@H]1CCCN1. The van der Waals surface area contributed by atoms with E-state index in [0.717, 1.165) is 19.4 Å². The minimum atomic E-state index is -4.07. The molecule has 0 radical (unpaired) electrons. The van der Waals surface area contributed by atoms with Crippen LogP contribution in [0.5, 0.6) is 0 Å². The van der Waals surface area contributed by atoms with Gasteiger partial charge in [0.1, 0.15) is 0 Å². The zero-order chi connectivity index (χ0) is 8.32. The average Bonchev–Trinajstić information content (AvgIpc) is 2.32. The zero-order valence-corrected chi connectivity index (χ0v) is 6.76. The Morgan fingerprint density at radius 3 is 2.64 bits per heavy atom. The van der Waals surface area contributed by atoms with Gasteiger partial charge in [0.25, 0.3) is 0 Å². The number of thioether (sulfide) groups is 1. The first kappa shape index (κ1) is 9.19. The highest BCUT2D eigenvalue weighted by molar-refractivity contribution is 8.00. The van der Waals surface area contributed by atoms with Gasteiger partial charge < -0.3 is 5.32 Å². The van der Waals surface area contributed by atoms with Crippen LogP contribution in [0.1, 0.15) is 12.8 Å². The Kier molecular flexibility index (Phi) is 3.06. The minimum Gasteiger partial charge on any atom is -0.313 e. The quantitative estimate of drug-likeness (QED) is 0.706. The van der Waals surface area contributed by atoms with Gasteiger partial charge in [0.05, 0.1) is 0 Å². The third-order valence-corrected chi connectivity index (χ3v) is 2.51. The molecule has 1 fully saturated rings. The third kappa shape index (κ3) is 3.86. The average molecular weight is 185 g/mol. The second kappa shape index (κ2) is 3.67. The topological polar surface area (TPSA) is 12.0 Å². The van der Waals surface area contributed by atoms with Crippen LogP contribution in [0.25, 0.3) is 0 Å². The van der Waals surface area contributed by atoms with Crippen LogP contribution in [0.3, 0.4) is 0 Å². The molecular weight excluding hydrogens is 175 g/mol. The Morgan fingerprint density at radius 2 is 2.18 bits per heavy atom. The highest BCUT2D eigenvalue weighted by Gasteiger charge is 2.30. The molecule has 1 atom stereocenters. The molecule has 1 aliphatic heterocycles. The summed E-state index contributed by atoms with van der Waals surface area (Å²) >= 11 is 0.0683. The molecule has 0 unspecified atom stereocenters. The Labute approximate surface area is 67.7 Å². The van der Waals surface area contributed by atoms with E-state index in [1.54, 1.807) is 0 Å². The standard InChI is InChI=1S/C6H10F3NS/c7-6(8,9)11-4-5-2-1-3-10-5/h5,10H,1-4H2/t5-/m1/s1. The molecule has 1 nitrogen and oxygen atoms in total. The van der Waals surface area contributed by atoms with Crippen molar-refractivity contribution in [1.82, 2.24) is 5.32 Å². The van der Waals surface area contributed by atoms with Crippen molar-refractivity contribution in [3.8, 4) is 0 Å². The maximum atomic E-state index is 11.6. The van der Waals surface area contributed by atoms with E-state index in [0.29, 0.717) is 0 Å². The smallest absolute Gasteiger partial charge is 0.313 e. The van der Waals surface area contributed by atoms with Gasteiger partial charge in [-0.1, -0.05) is 0 Å². The Morgan fingerprint density at radius 1 is 1.45 bits per heavy atom. The maximum absolute atomic E-state index is 11.6. The molecule has 0 aliphatic carbocycles. The summed E-state index contributed by atoms with van der Waals surface area (Å²) in [6, 6.07) is 0.0709. The van der Waals surface area contributed by atoms with Crippen molar-refractivity contribution >= 4 is 11.8 Å². The van der Waals surface area contributed by atoms with Gasteiger partial charge in [0.15, 0.2) is 0 Å². The summed E-state index contributed by atoms with van der Waals surface area (Å²) in [5.41, 5.74) is -4.07. The predicted octanol–water partition coefficient (Wildman–Crippen LogP) is 1.99. The number of nitrogens with one attached hydrogen (secondary N) is 1. The van der Waals surface area contributed by atoms with E-state index < -0.39 is 5.51 Å². The van der Waals surface area contributed by atoms with Crippen molar-refractivity contribution in [2.45, 2.75) is 24.4 Å². The van der Waals surface area contributed by atoms with Crippen LogP contribution in [0.15, 0.2) is 0 Å². The summed E-state index contributed by atoms with van der Waals surface area (Å²) in [6.07, 6.45) is 1.88. The molecule has 0 aromatic rings. The lowest BCUT2D eigenvalue weighted by molar-refractivity contribution is -0.0328. The first-order chi connectivity index (χ1) is 5.08. The Hall–Kier alpha value is 0.1000. The number of alkyl halides is 3. The van der Waals surface area contributed by atoms with Gasteiger partial charge in [-0.2, -0.15) is 13.2 Å². The monoisotopic (exact) mass is 185 g/mol. The van der Waals surface area contributed by atoms with Gasteiger partial charge in [-0.05, 0) is 31.1 Å². The minimum absolute atomic E-state index is 0.0683. The van der Waals surface area contributed by atoms with Crippen LogP contribution in [0.4, 0.5) is 13.2 Å². The second-order valence-electron chi connectivity index (χ2n) is 2.55. The molecule has 0 bridgehead atoms. The summed E-state index contributed by atoms with van der Waals surface area (Å²) in [5, 5.41) is 3.01. The van der Waals surface area contributed by atoms with Crippen molar-refractivity contribution in [3.05, 3.63) is 0 Å². The highest BCUT2D eigenvalue weighted by atomic mass is 32.2. The van der Waals surface area contributed by atoms with Crippen LogP contribution in [-0.4, -0.2) is 23.8 Å². The molecule has 5 heteroatoms. The zero-order valence-electron chi connectivity index (χ0n) is 5.95. The third-order valence-electron chi connectivity index (χ3n) is 1.61. The van der Waals surface area contributed by atoms with Gasteiger partial charge in [-0.25, -0.2) is 0 Å². The van der Waals surface area contributed by atoms with Crippen molar-refractivity contribution < 1.29 is 13.2 Å². The maximum Gasteiger partial charge on any atom is 0.441 e. The molecule has 1 N–H and O–H groups in total. The fraction of sp³-hybridized carbons (Fsp3) is 1.00. The van der Waals surface area contributed by atoms with Gasteiger partial charge >= 0.3 is 5.51 Å². The molecule has 1 aliphatic rings. The highest BCUT2D eigenvalue weighted by Crippen LogP contribution is 2.31. The van der Waals surface area contributed by atoms with Crippen LogP contribution in [0, 0.1) is 0 Å². The normalized spacial score (nSPS) is 25.9. The molecule has 1 rings (SSSR count). The van der Waals surface area contributed by atoms with Crippen LogP contribution >= 0.6 is 11.8 Å². The van der Waals surface area contributed by atoms with Crippen molar-refractivity contribution in [1.29, 1.82) is 0 Å². The van der Waals surface area contributed by atoms with Gasteiger partial charge in [-0.3, -0.25) is 0 Å². The van der Waals surface area contributed by atoms with Crippen molar-refractivity contribution in [3.63, 3.8) is 0 Å². The van der Waals surface area contributed by atoms with E-state index in [1.807, 2.05) is 0 Å². The first-order valence-electron chi connectivity index (χ1n) is 3.52. The predicted molar refractivity (Wildman–Crippen MR) is 39.5 cm³/mol. The molecule has 0 spiro atoms. The summed E-state index contributed by atoms with van der Waals surface area (Å²) in [4.78, 5) is 0. The number of hydrogen-bond donors (Lipinski definition) is 1. The van der Waals surface area contributed by atoms with Gasteiger partial charge in [-0.15, -0.1) is 0 Å². The Bertz CT molecular complexity index is 119. The molecule has 1 heterocycles. The first-order valence-corrected chi connectivity index (χ1v) is 4.50. The van der Waals surface area contributed by atoms with Crippen LogP contribution in [-0.2, 0) is 0 Å². The molecule has 0 saturated carbocycles. The lowest BCUT2D eigenvalue weighted by Gasteiger charge is -2.10. The van der Waals surface area contributed by atoms with E-state index in [4.69, 9.17) is 0 Å². The summed E-state index contributed by atoms with van der Waals surface area (Å²) in [5.74, 6) is 0.156. The summed E-state index contributed by atoms with van der Waals surface area (Å²) < 4.78 is 34.9. The summed E-state index contributed by atoms with van der Waals surface area (Å²) in [7, 11) is 0. The van der Waals surface area contributed by atoms with E-state index >= 15 is 0 Å². The van der Waals surface area contributed by atoms with E-state index in [9.17, 15) is 13.2 Å². The van der Waals surface area contributed by atoms with Gasteiger partial charge in [0.2, 0.25) is 0 Å². The molecule has 0 amide bonds. The Balaban J connectivity index is 2.11. The molecule has 0 aromatic heterocycles. The lowest BCUT2D eigenvalue weighted by atomic mass is 10.3. The fourth-order valence-corrected chi connectivity index (χ4v) is 1.77. The number of halogens is 3. The molecule has 66 valence electrons. The van der Waals surface area contributed by atoms with E-state index in [-0.39, 0.29) is 23.6 Å². The lowest BCUT2D eigenvalue weighted by Crippen LogP contribution is -2.25. The second-order valence-corrected chi connectivity index (χ2v) is 3.63. The van der Waals surface area contributed by atoms with E-state index in [1.165, 1.54) is 0 Å². The van der Waals surface area contributed by atoms with Crippen LogP contribution in [0.2, 0.25) is 0 Å². The fourth-order valence-electron chi connectivity index (χ4n) is 1.09. The summed E-state index contributed by atoms with van der Waals surface area (Å²) in [6.45, 7) is 0.864. The largest absolute Gasteiger partial charge is 0.441 e. The van der Waals surface area contributed by atoms with Crippen molar-refractivity contribution in [2.24, 2.45) is 0 Å². The molecular formula is C6H10F3NS. The van der Waals surface area contributed by atoms with Gasteiger partial charge in [0, 0.05) is 11.8 Å². The van der Waals surface area contributed by atoms with Crippen LogP contribution < -0.4 is 5.32 Å². The number of hydrogen-bond acceptors (Lipinski definition) is 2. The molecule has 1 saturated heterocycles.